The lowest BCUT2D eigenvalue weighted by Gasteiger charge is -2.30. The van der Waals surface area contributed by atoms with Crippen LogP contribution >= 0.6 is 11.3 Å². The van der Waals surface area contributed by atoms with Crippen LogP contribution in [0.2, 0.25) is 0 Å². The maximum atomic E-state index is 13.9. The van der Waals surface area contributed by atoms with Gasteiger partial charge in [-0.2, -0.15) is 0 Å². The van der Waals surface area contributed by atoms with E-state index in [1.165, 1.54) is 23.7 Å². The second-order valence-corrected chi connectivity index (χ2v) is 7.00. The maximum Gasteiger partial charge on any atom is 0.289 e. The largest absolute Gasteiger partial charge is 0.459 e. The molecule has 1 aromatic carbocycles. The summed E-state index contributed by atoms with van der Waals surface area (Å²) in [7, 11) is 0. The standard InChI is InChI=1S/C18H16FN3O2S/c19-14-7-2-1-6-13(14)17-21-20-16(25-17)12-5-3-9-22(11-12)18(23)15-8-4-10-24-15/h1-2,4,6-8,10,12H,3,5,9,11H2/t12-/m0/s1. The van der Waals surface area contributed by atoms with Crippen molar-refractivity contribution in [2.75, 3.05) is 13.1 Å². The monoisotopic (exact) mass is 357 g/mol. The SMILES string of the molecule is O=C(c1ccco1)N1CCC[C@H](c2nnc(-c3ccccc3F)s2)C1. The molecule has 1 atom stereocenters. The van der Waals surface area contributed by atoms with Gasteiger partial charge in [0.25, 0.3) is 5.91 Å². The third kappa shape index (κ3) is 3.19. The van der Waals surface area contributed by atoms with Crippen molar-refractivity contribution < 1.29 is 13.6 Å². The van der Waals surface area contributed by atoms with Crippen LogP contribution in [0.3, 0.4) is 0 Å². The Labute approximate surface area is 148 Å². The Kier molecular flexibility index (Phi) is 4.31. The Morgan fingerprint density at radius 2 is 2.12 bits per heavy atom. The van der Waals surface area contributed by atoms with Crippen LogP contribution in [0.25, 0.3) is 10.6 Å². The highest BCUT2D eigenvalue weighted by atomic mass is 32.1. The highest BCUT2D eigenvalue weighted by molar-refractivity contribution is 7.14. The molecule has 1 aliphatic rings. The fraction of sp³-hybridized carbons (Fsp3) is 0.278. The average molecular weight is 357 g/mol. The van der Waals surface area contributed by atoms with E-state index < -0.39 is 0 Å². The summed E-state index contributed by atoms with van der Waals surface area (Å²) < 4.78 is 19.1. The quantitative estimate of drug-likeness (QED) is 0.712. The van der Waals surface area contributed by atoms with Gasteiger partial charge >= 0.3 is 0 Å². The molecule has 1 fully saturated rings. The molecule has 1 amide bonds. The number of hydrogen-bond donors (Lipinski definition) is 0. The average Bonchev–Trinajstić information content (AvgIpc) is 3.34. The van der Waals surface area contributed by atoms with Crippen molar-refractivity contribution in [3.05, 3.63) is 59.2 Å². The molecule has 0 N–H and O–H groups in total. The van der Waals surface area contributed by atoms with Crippen molar-refractivity contribution >= 4 is 17.2 Å². The minimum absolute atomic E-state index is 0.103. The van der Waals surface area contributed by atoms with Crippen molar-refractivity contribution in [1.29, 1.82) is 0 Å². The number of rotatable bonds is 3. The predicted molar refractivity (Wildman–Crippen MR) is 91.9 cm³/mol. The Balaban J connectivity index is 1.52. The van der Waals surface area contributed by atoms with Gasteiger partial charge in [0.05, 0.1) is 6.26 Å². The number of carbonyl (C=O) groups excluding carboxylic acids is 1. The van der Waals surface area contributed by atoms with Crippen LogP contribution in [-0.2, 0) is 0 Å². The van der Waals surface area contributed by atoms with Gasteiger partial charge in [-0.15, -0.1) is 10.2 Å². The molecule has 0 bridgehead atoms. The van der Waals surface area contributed by atoms with E-state index in [1.54, 1.807) is 35.2 Å². The molecule has 2 aromatic heterocycles. The Morgan fingerprint density at radius 1 is 1.24 bits per heavy atom. The zero-order valence-corrected chi connectivity index (χ0v) is 14.2. The van der Waals surface area contributed by atoms with Gasteiger partial charge in [-0.25, -0.2) is 4.39 Å². The van der Waals surface area contributed by atoms with Crippen LogP contribution in [0, 0.1) is 5.82 Å². The Hall–Kier alpha value is -2.54. The van der Waals surface area contributed by atoms with Gasteiger partial charge < -0.3 is 9.32 Å². The van der Waals surface area contributed by atoms with Gasteiger partial charge in [0.1, 0.15) is 10.8 Å². The molecule has 4 rings (SSSR count). The molecule has 128 valence electrons. The minimum Gasteiger partial charge on any atom is -0.459 e. The first-order valence-corrected chi connectivity index (χ1v) is 8.95. The molecular formula is C18H16FN3O2S. The van der Waals surface area contributed by atoms with Crippen LogP contribution in [-0.4, -0.2) is 34.1 Å². The molecule has 0 unspecified atom stereocenters. The zero-order valence-electron chi connectivity index (χ0n) is 13.4. The summed E-state index contributed by atoms with van der Waals surface area (Å²) in [6, 6.07) is 9.94. The molecular weight excluding hydrogens is 341 g/mol. The number of carbonyl (C=O) groups is 1. The van der Waals surface area contributed by atoms with Gasteiger partial charge in [-0.3, -0.25) is 4.79 Å². The number of likely N-dealkylation sites (tertiary alicyclic amines) is 1. The predicted octanol–water partition coefficient (Wildman–Crippen LogP) is 3.96. The summed E-state index contributed by atoms with van der Waals surface area (Å²) in [4.78, 5) is 14.2. The number of amides is 1. The summed E-state index contributed by atoms with van der Waals surface area (Å²) in [6.07, 6.45) is 3.33. The normalized spacial score (nSPS) is 17.6. The molecule has 0 spiro atoms. The molecule has 0 saturated carbocycles. The number of nitrogens with zero attached hydrogens (tertiary/aromatic N) is 3. The van der Waals surface area contributed by atoms with Crippen LogP contribution in [0.5, 0.6) is 0 Å². The Morgan fingerprint density at radius 3 is 2.92 bits per heavy atom. The molecule has 5 nitrogen and oxygen atoms in total. The van der Waals surface area contributed by atoms with Crippen molar-refractivity contribution in [2.45, 2.75) is 18.8 Å². The lowest BCUT2D eigenvalue weighted by atomic mass is 9.98. The maximum absolute atomic E-state index is 13.9. The molecule has 3 heterocycles. The zero-order chi connectivity index (χ0) is 17.2. The third-order valence-corrected chi connectivity index (χ3v) is 5.45. The van der Waals surface area contributed by atoms with Crippen LogP contribution in [0.15, 0.2) is 47.1 Å². The first-order valence-electron chi connectivity index (χ1n) is 8.13. The van der Waals surface area contributed by atoms with Gasteiger partial charge in [-0.1, -0.05) is 23.5 Å². The molecule has 25 heavy (non-hydrogen) atoms. The van der Waals surface area contributed by atoms with E-state index in [9.17, 15) is 9.18 Å². The summed E-state index contributed by atoms with van der Waals surface area (Å²) in [5, 5.41) is 9.82. The van der Waals surface area contributed by atoms with Crippen molar-refractivity contribution in [2.24, 2.45) is 0 Å². The van der Waals surface area contributed by atoms with Gasteiger partial charge in [0.15, 0.2) is 10.8 Å². The number of hydrogen-bond acceptors (Lipinski definition) is 5. The van der Waals surface area contributed by atoms with Crippen LogP contribution in [0.1, 0.15) is 34.3 Å². The fourth-order valence-electron chi connectivity index (χ4n) is 3.06. The van der Waals surface area contributed by atoms with Gasteiger partial charge in [0.2, 0.25) is 0 Å². The number of aromatic nitrogens is 2. The van der Waals surface area contributed by atoms with Gasteiger partial charge in [-0.05, 0) is 37.1 Å². The second kappa shape index (κ2) is 6.76. The van der Waals surface area contributed by atoms with Gasteiger partial charge in [0, 0.05) is 24.6 Å². The van der Waals surface area contributed by atoms with E-state index in [4.69, 9.17) is 4.42 Å². The summed E-state index contributed by atoms with van der Waals surface area (Å²) >= 11 is 1.39. The fourth-order valence-corrected chi connectivity index (χ4v) is 4.06. The van der Waals surface area contributed by atoms with Crippen molar-refractivity contribution in [3.8, 4) is 10.6 Å². The van der Waals surface area contributed by atoms with E-state index in [0.29, 0.717) is 29.4 Å². The first-order chi connectivity index (χ1) is 12.2. The summed E-state index contributed by atoms with van der Waals surface area (Å²) in [6.45, 7) is 1.28. The van der Waals surface area contributed by atoms with E-state index >= 15 is 0 Å². The number of benzene rings is 1. The second-order valence-electron chi connectivity index (χ2n) is 5.99. The minimum atomic E-state index is -0.302. The highest BCUT2D eigenvalue weighted by Gasteiger charge is 2.29. The Bertz CT molecular complexity index is 878. The van der Waals surface area contributed by atoms with Crippen LogP contribution < -0.4 is 0 Å². The molecule has 1 saturated heterocycles. The number of furan rings is 1. The van der Waals surface area contributed by atoms with Crippen LogP contribution in [0.4, 0.5) is 4.39 Å². The summed E-state index contributed by atoms with van der Waals surface area (Å²) in [5.74, 6) is 0.0626. The topological polar surface area (TPSA) is 59.2 Å². The van der Waals surface area contributed by atoms with Crippen molar-refractivity contribution in [1.82, 2.24) is 15.1 Å². The number of piperidine rings is 1. The molecule has 1 aliphatic heterocycles. The molecule has 3 aromatic rings. The first kappa shape index (κ1) is 16.0. The molecule has 7 heteroatoms. The third-order valence-electron chi connectivity index (χ3n) is 4.33. The molecule has 0 radical (unpaired) electrons. The highest BCUT2D eigenvalue weighted by Crippen LogP contribution is 2.33. The summed E-state index contributed by atoms with van der Waals surface area (Å²) in [5.41, 5.74) is 0.463. The number of halogens is 1. The molecule has 0 aliphatic carbocycles. The van der Waals surface area contributed by atoms with Crippen molar-refractivity contribution in [3.63, 3.8) is 0 Å². The lowest BCUT2D eigenvalue weighted by molar-refractivity contribution is 0.0674. The van der Waals surface area contributed by atoms with E-state index in [0.717, 1.165) is 17.8 Å². The van der Waals surface area contributed by atoms with E-state index in [-0.39, 0.29) is 17.6 Å². The van der Waals surface area contributed by atoms with E-state index in [2.05, 4.69) is 10.2 Å². The van der Waals surface area contributed by atoms with E-state index in [1.807, 2.05) is 0 Å². The smallest absolute Gasteiger partial charge is 0.289 e. The lowest BCUT2D eigenvalue weighted by Crippen LogP contribution is -2.38.